The minimum atomic E-state index is -0.298. The summed E-state index contributed by atoms with van der Waals surface area (Å²) in [4.78, 5) is 18.9. The van der Waals surface area contributed by atoms with E-state index in [1.54, 1.807) is 13.1 Å². The van der Waals surface area contributed by atoms with Crippen molar-refractivity contribution in [2.45, 2.75) is 46.1 Å². The van der Waals surface area contributed by atoms with Gasteiger partial charge in [0.25, 0.3) is 5.91 Å². The number of benzene rings is 2. The maximum atomic E-state index is 15.0. The van der Waals surface area contributed by atoms with Crippen molar-refractivity contribution >= 4 is 17.3 Å². The maximum Gasteiger partial charge on any atom is 0.258 e. The van der Waals surface area contributed by atoms with Gasteiger partial charge in [0.05, 0.1) is 12.3 Å². The summed E-state index contributed by atoms with van der Waals surface area (Å²) >= 11 is 0. The summed E-state index contributed by atoms with van der Waals surface area (Å²) in [6, 6.07) is 9.19. The van der Waals surface area contributed by atoms with Gasteiger partial charge in [-0.2, -0.15) is 0 Å². The molecule has 5 nitrogen and oxygen atoms in total. The van der Waals surface area contributed by atoms with E-state index in [1.807, 2.05) is 32.0 Å². The van der Waals surface area contributed by atoms with E-state index in [1.165, 1.54) is 11.0 Å². The van der Waals surface area contributed by atoms with Crippen LogP contribution in [0.15, 0.2) is 30.3 Å². The van der Waals surface area contributed by atoms with Gasteiger partial charge in [-0.15, -0.1) is 0 Å². The number of nitrogens with zero attached hydrogens (tertiary/aromatic N) is 3. The molecule has 2 aromatic rings. The highest BCUT2D eigenvalue weighted by Crippen LogP contribution is 2.30. The molecule has 2 aromatic carbocycles. The number of hydrogen-bond donors (Lipinski definition) is 0. The highest BCUT2D eigenvalue weighted by atomic mass is 19.1. The molecule has 1 unspecified atom stereocenters. The van der Waals surface area contributed by atoms with Gasteiger partial charge in [0, 0.05) is 37.4 Å². The van der Waals surface area contributed by atoms with Crippen LogP contribution in [0.2, 0.25) is 0 Å². The van der Waals surface area contributed by atoms with Crippen LogP contribution in [0.1, 0.15) is 47.7 Å². The van der Waals surface area contributed by atoms with Crippen LogP contribution in [0.5, 0.6) is 5.75 Å². The van der Waals surface area contributed by atoms with Crippen molar-refractivity contribution < 1.29 is 13.9 Å². The van der Waals surface area contributed by atoms with Gasteiger partial charge in [0.2, 0.25) is 0 Å². The summed E-state index contributed by atoms with van der Waals surface area (Å²) in [7, 11) is 5.80. The molecule has 174 valence electrons. The Kier molecular flexibility index (Phi) is 7.77. The van der Waals surface area contributed by atoms with Crippen molar-refractivity contribution in [1.82, 2.24) is 4.90 Å². The zero-order chi connectivity index (χ0) is 23.4. The lowest BCUT2D eigenvalue weighted by atomic mass is 10.0. The van der Waals surface area contributed by atoms with E-state index in [4.69, 9.17) is 4.74 Å². The largest absolute Gasteiger partial charge is 0.493 e. The number of likely N-dealkylation sites (N-methyl/N-ethyl adjacent to an activating group) is 1. The number of ether oxygens (including phenoxy) is 1. The molecule has 0 aliphatic carbocycles. The Morgan fingerprint density at radius 3 is 2.41 bits per heavy atom. The third-order valence-corrected chi connectivity index (χ3v) is 6.31. The SMILES string of the molecule is CCCCOc1c(C)cc(C(=O)N(C)c2ccc(N3CCC(N(C)C)C3)c(F)c2)cc1C. The van der Waals surface area contributed by atoms with Gasteiger partial charge in [-0.25, -0.2) is 4.39 Å². The third kappa shape index (κ3) is 5.23. The molecular weight excluding hydrogens is 405 g/mol. The standard InChI is InChI=1S/C26H36FN3O2/c1-7-8-13-32-25-18(2)14-20(15-19(25)3)26(31)29(6)21-9-10-24(23(27)16-21)30-12-11-22(17-30)28(4)5/h9-10,14-16,22H,7-8,11-13,17H2,1-6H3. The molecule has 0 radical (unpaired) electrons. The molecule has 0 saturated carbocycles. The summed E-state index contributed by atoms with van der Waals surface area (Å²) in [5.41, 5.74) is 3.58. The van der Waals surface area contributed by atoms with E-state index < -0.39 is 0 Å². The molecule has 1 aliphatic rings. The number of amides is 1. The van der Waals surface area contributed by atoms with Crippen molar-refractivity contribution in [1.29, 1.82) is 0 Å². The molecule has 0 N–H and O–H groups in total. The van der Waals surface area contributed by atoms with E-state index in [-0.39, 0.29) is 11.7 Å². The van der Waals surface area contributed by atoms with Crippen LogP contribution < -0.4 is 14.5 Å². The van der Waals surface area contributed by atoms with Crippen molar-refractivity contribution in [3.8, 4) is 5.75 Å². The molecule has 1 saturated heterocycles. The predicted octanol–water partition coefficient (Wildman–Crippen LogP) is 5.04. The van der Waals surface area contributed by atoms with Gasteiger partial charge in [-0.05, 0) is 82.2 Å². The van der Waals surface area contributed by atoms with Crippen LogP contribution >= 0.6 is 0 Å². The van der Waals surface area contributed by atoms with Crippen LogP contribution in [0.3, 0.4) is 0 Å². The van der Waals surface area contributed by atoms with Gasteiger partial charge in [-0.1, -0.05) is 13.3 Å². The number of carbonyl (C=O) groups excluding carboxylic acids is 1. The lowest BCUT2D eigenvalue weighted by Gasteiger charge is -2.24. The molecule has 1 atom stereocenters. The van der Waals surface area contributed by atoms with Crippen molar-refractivity contribution in [2.75, 3.05) is 50.6 Å². The number of rotatable bonds is 8. The molecule has 0 spiro atoms. The Balaban J connectivity index is 1.75. The minimum Gasteiger partial charge on any atom is -0.493 e. The fourth-order valence-electron chi connectivity index (χ4n) is 4.27. The summed E-state index contributed by atoms with van der Waals surface area (Å²) < 4.78 is 20.9. The van der Waals surface area contributed by atoms with E-state index in [9.17, 15) is 9.18 Å². The van der Waals surface area contributed by atoms with Gasteiger partial charge in [0.1, 0.15) is 11.6 Å². The second-order valence-corrected chi connectivity index (χ2v) is 8.99. The first kappa shape index (κ1) is 24.1. The Morgan fingerprint density at radius 2 is 1.84 bits per heavy atom. The first-order valence-corrected chi connectivity index (χ1v) is 11.5. The minimum absolute atomic E-state index is 0.169. The third-order valence-electron chi connectivity index (χ3n) is 6.31. The molecule has 1 fully saturated rings. The second kappa shape index (κ2) is 10.3. The number of hydrogen-bond acceptors (Lipinski definition) is 4. The summed E-state index contributed by atoms with van der Waals surface area (Å²) in [6.07, 6.45) is 3.09. The lowest BCUT2D eigenvalue weighted by molar-refractivity contribution is 0.0992. The summed E-state index contributed by atoms with van der Waals surface area (Å²) in [5, 5.41) is 0. The zero-order valence-electron chi connectivity index (χ0n) is 20.2. The fraction of sp³-hybridized carbons (Fsp3) is 0.500. The number of aryl methyl sites for hydroxylation is 2. The molecule has 1 aliphatic heterocycles. The first-order chi connectivity index (χ1) is 15.2. The monoisotopic (exact) mass is 441 g/mol. The Morgan fingerprint density at radius 1 is 1.16 bits per heavy atom. The van der Waals surface area contributed by atoms with Crippen LogP contribution in [-0.2, 0) is 0 Å². The number of halogens is 1. The number of carbonyl (C=O) groups is 1. The van der Waals surface area contributed by atoms with Crippen molar-refractivity contribution in [3.63, 3.8) is 0 Å². The highest BCUT2D eigenvalue weighted by molar-refractivity contribution is 6.06. The van der Waals surface area contributed by atoms with Crippen LogP contribution in [0.4, 0.5) is 15.8 Å². The molecule has 1 amide bonds. The maximum absolute atomic E-state index is 15.0. The van der Waals surface area contributed by atoms with Crippen LogP contribution in [0.25, 0.3) is 0 Å². The van der Waals surface area contributed by atoms with Gasteiger partial charge >= 0.3 is 0 Å². The second-order valence-electron chi connectivity index (χ2n) is 8.99. The normalized spacial score (nSPS) is 16.0. The molecule has 32 heavy (non-hydrogen) atoms. The zero-order valence-corrected chi connectivity index (χ0v) is 20.2. The van der Waals surface area contributed by atoms with E-state index in [0.717, 1.165) is 49.2 Å². The molecule has 1 heterocycles. The number of unbranched alkanes of at least 4 members (excludes halogenated alkanes) is 1. The van der Waals surface area contributed by atoms with Crippen LogP contribution in [-0.4, -0.2) is 57.7 Å². The van der Waals surface area contributed by atoms with E-state index >= 15 is 0 Å². The summed E-state index contributed by atoms with van der Waals surface area (Å²) in [6.45, 7) is 8.35. The summed E-state index contributed by atoms with van der Waals surface area (Å²) in [5.74, 6) is 0.376. The molecule has 0 aromatic heterocycles. The lowest BCUT2D eigenvalue weighted by Crippen LogP contribution is -2.31. The molecule has 6 heteroatoms. The van der Waals surface area contributed by atoms with Gasteiger partial charge in [0.15, 0.2) is 0 Å². The average molecular weight is 442 g/mol. The van der Waals surface area contributed by atoms with E-state index in [0.29, 0.717) is 29.6 Å². The Hall–Kier alpha value is -2.60. The molecular formula is C26H36FN3O2. The van der Waals surface area contributed by atoms with E-state index in [2.05, 4.69) is 30.8 Å². The smallest absolute Gasteiger partial charge is 0.258 e. The Labute approximate surface area is 191 Å². The van der Waals surface area contributed by atoms with Crippen LogP contribution in [0, 0.1) is 19.7 Å². The molecule has 0 bridgehead atoms. The highest BCUT2D eigenvalue weighted by Gasteiger charge is 2.26. The van der Waals surface area contributed by atoms with Gasteiger partial charge in [-0.3, -0.25) is 4.79 Å². The van der Waals surface area contributed by atoms with Crippen molar-refractivity contribution in [3.05, 3.63) is 52.8 Å². The van der Waals surface area contributed by atoms with Gasteiger partial charge < -0.3 is 19.4 Å². The molecule has 3 rings (SSSR count). The number of anilines is 2. The Bertz CT molecular complexity index is 937. The predicted molar refractivity (Wildman–Crippen MR) is 130 cm³/mol. The quantitative estimate of drug-likeness (QED) is 0.538. The fourth-order valence-corrected chi connectivity index (χ4v) is 4.27. The average Bonchev–Trinajstić information content (AvgIpc) is 3.24. The topological polar surface area (TPSA) is 36.0 Å². The first-order valence-electron chi connectivity index (χ1n) is 11.5. The van der Waals surface area contributed by atoms with Crippen molar-refractivity contribution in [2.24, 2.45) is 0 Å².